The molecule has 0 aliphatic carbocycles. The van der Waals surface area contributed by atoms with Gasteiger partial charge < -0.3 is 9.47 Å². The minimum atomic E-state index is -0.495. The number of hydrogen-bond acceptors (Lipinski definition) is 4. The number of hydrogen-bond donors (Lipinski definition) is 0. The van der Waals surface area contributed by atoms with Crippen LogP contribution < -0.4 is 0 Å². The average molecular weight is 327 g/mol. The Hall–Kier alpha value is -1.55. The highest BCUT2D eigenvalue weighted by atomic mass is 35.5. The second-order valence-electron chi connectivity index (χ2n) is 5.16. The van der Waals surface area contributed by atoms with E-state index in [-0.39, 0.29) is 12.0 Å². The third-order valence-corrected chi connectivity index (χ3v) is 3.14. The average Bonchev–Trinajstić information content (AvgIpc) is 2.52. The first-order valence-electron chi connectivity index (χ1n) is 7.63. The van der Waals surface area contributed by atoms with Gasteiger partial charge in [0.25, 0.3) is 0 Å². The molecule has 0 heterocycles. The van der Waals surface area contributed by atoms with E-state index >= 15 is 0 Å². The SMILES string of the molecule is CCCCCCOC(=O)c1cccc(C(=O)OCC(C)Cl)c1. The predicted octanol–water partition coefficient (Wildman–Crippen LogP) is 4.21. The second kappa shape index (κ2) is 10.2. The van der Waals surface area contributed by atoms with Gasteiger partial charge >= 0.3 is 11.9 Å². The number of alkyl halides is 1. The molecule has 0 saturated heterocycles. The Bertz CT molecular complexity index is 485. The van der Waals surface area contributed by atoms with E-state index in [2.05, 4.69) is 6.92 Å². The van der Waals surface area contributed by atoms with Crippen LogP contribution in [0.4, 0.5) is 0 Å². The molecule has 0 saturated carbocycles. The van der Waals surface area contributed by atoms with E-state index in [1.807, 2.05) is 0 Å². The molecule has 1 aromatic rings. The maximum atomic E-state index is 11.9. The van der Waals surface area contributed by atoms with Gasteiger partial charge in [0, 0.05) is 0 Å². The quantitative estimate of drug-likeness (QED) is 0.387. The number of ether oxygens (including phenoxy) is 2. The summed E-state index contributed by atoms with van der Waals surface area (Å²) in [5.74, 6) is -0.915. The van der Waals surface area contributed by atoms with Crippen LogP contribution >= 0.6 is 11.6 Å². The molecule has 0 aliphatic rings. The smallest absolute Gasteiger partial charge is 0.338 e. The highest BCUT2D eigenvalue weighted by Gasteiger charge is 2.13. The summed E-state index contributed by atoms with van der Waals surface area (Å²) < 4.78 is 10.2. The van der Waals surface area contributed by atoms with Crippen LogP contribution in [0, 0.1) is 0 Å². The fraction of sp³-hybridized carbons (Fsp3) is 0.529. The zero-order valence-corrected chi connectivity index (χ0v) is 13.9. The van der Waals surface area contributed by atoms with Crippen molar-refractivity contribution in [3.8, 4) is 0 Å². The van der Waals surface area contributed by atoms with Crippen molar-refractivity contribution in [2.24, 2.45) is 0 Å². The first-order chi connectivity index (χ1) is 10.5. The van der Waals surface area contributed by atoms with Crippen molar-refractivity contribution >= 4 is 23.5 Å². The van der Waals surface area contributed by atoms with Crippen molar-refractivity contribution in [1.82, 2.24) is 0 Å². The Labute approximate surface area is 136 Å². The van der Waals surface area contributed by atoms with Crippen LogP contribution in [0.2, 0.25) is 0 Å². The number of halogens is 1. The van der Waals surface area contributed by atoms with E-state index < -0.39 is 11.9 Å². The van der Waals surface area contributed by atoms with Gasteiger partial charge in [-0.05, 0) is 31.5 Å². The molecule has 0 aliphatic heterocycles. The Morgan fingerprint density at radius 3 is 2.32 bits per heavy atom. The molecule has 0 bridgehead atoms. The Morgan fingerprint density at radius 2 is 1.73 bits per heavy atom. The molecule has 0 fully saturated rings. The predicted molar refractivity (Wildman–Crippen MR) is 86.5 cm³/mol. The van der Waals surface area contributed by atoms with Gasteiger partial charge in [0.1, 0.15) is 6.61 Å². The van der Waals surface area contributed by atoms with Gasteiger partial charge in [0.2, 0.25) is 0 Å². The van der Waals surface area contributed by atoms with Crippen LogP contribution in [0.25, 0.3) is 0 Å². The molecule has 0 N–H and O–H groups in total. The van der Waals surface area contributed by atoms with E-state index in [4.69, 9.17) is 21.1 Å². The number of unbranched alkanes of at least 4 members (excludes halogenated alkanes) is 3. The first kappa shape index (κ1) is 18.5. The summed E-state index contributed by atoms with van der Waals surface area (Å²) >= 11 is 5.73. The van der Waals surface area contributed by atoms with Crippen molar-refractivity contribution in [2.45, 2.75) is 44.9 Å². The van der Waals surface area contributed by atoms with E-state index in [0.29, 0.717) is 17.7 Å². The lowest BCUT2D eigenvalue weighted by molar-refractivity contribution is 0.0497. The molecule has 22 heavy (non-hydrogen) atoms. The molecule has 0 radical (unpaired) electrons. The van der Waals surface area contributed by atoms with Gasteiger partial charge in [-0.3, -0.25) is 0 Å². The molecule has 1 atom stereocenters. The van der Waals surface area contributed by atoms with Crippen LogP contribution in [-0.2, 0) is 9.47 Å². The highest BCUT2D eigenvalue weighted by molar-refractivity contribution is 6.20. The van der Waals surface area contributed by atoms with E-state index in [1.165, 1.54) is 6.07 Å². The van der Waals surface area contributed by atoms with Gasteiger partial charge in [-0.1, -0.05) is 32.3 Å². The van der Waals surface area contributed by atoms with E-state index in [1.54, 1.807) is 25.1 Å². The molecule has 0 spiro atoms. The maximum absolute atomic E-state index is 11.9. The maximum Gasteiger partial charge on any atom is 0.338 e. The summed E-state index contributed by atoms with van der Waals surface area (Å²) in [6.45, 7) is 4.40. The molecular formula is C17H23ClO4. The van der Waals surface area contributed by atoms with E-state index in [9.17, 15) is 9.59 Å². The van der Waals surface area contributed by atoms with Gasteiger partial charge in [-0.2, -0.15) is 0 Å². The van der Waals surface area contributed by atoms with Gasteiger partial charge in [0.15, 0.2) is 0 Å². The summed E-state index contributed by atoms with van der Waals surface area (Å²) in [5, 5.41) is -0.250. The van der Waals surface area contributed by atoms with Crippen LogP contribution in [0.1, 0.15) is 60.2 Å². The summed E-state index contributed by atoms with van der Waals surface area (Å²) in [5.41, 5.74) is 0.668. The van der Waals surface area contributed by atoms with Crippen LogP contribution in [0.5, 0.6) is 0 Å². The first-order valence-corrected chi connectivity index (χ1v) is 8.06. The second-order valence-corrected chi connectivity index (χ2v) is 5.90. The summed E-state index contributed by atoms with van der Waals surface area (Å²) in [6, 6.07) is 6.33. The minimum Gasteiger partial charge on any atom is -0.462 e. The largest absolute Gasteiger partial charge is 0.462 e. The van der Waals surface area contributed by atoms with Gasteiger partial charge in [0.05, 0.1) is 23.1 Å². The summed E-state index contributed by atoms with van der Waals surface area (Å²) in [6.07, 6.45) is 4.18. The van der Waals surface area contributed by atoms with Crippen molar-refractivity contribution in [3.63, 3.8) is 0 Å². The summed E-state index contributed by atoms with van der Waals surface area (Å²) in [7, 11) is 0. The number of benzene rings is 1. The summed E-state index contributed by atoms with van der Waals surface area (Å²) in [4.78, 5) is 23.7. The number of carbonyl (C=O) groups excluding carboxylic acids is 2. The molecule has 0 amide bonds. The van der Waals surface area contributed by atoms with Gasteiger partial charge in [-0.15, -0.1) is 11.6 Å². The molecule has 0 aromatic heterocycles. The van der Waals surface area contributed by atoms with Crippen molar-refractivity contribution < 1.29 is 19.1 Å². The lowest BCUT2D eigenvalue weighted by Crippen LogP contribution is -2.13. The lowest BCUT2D eigenvalue weighted by Gasteiger charge is -2.08. The minimum absolute atomic E-state index is 0.131. The Morgan fingerprint density at radius 1 is 1.09 bits per heavy atom. The Balaban J connectivity index is 2.52. The third kappa shape index (κ3) is 6.94. The number of carbonyl (C=O) groups is 2. The standard InChI is InChI=1S/C17H23ClO4/c1-3-4-5-6-10-21-16(19)14-8-7-9-15(11-14)17(20)22-12-13(2)18/h7-9,11,13H,3-6,10,12H2,1-2H3. The lowest BCUT2D eigenvalue weighted by atomic mass is 10.1. The number of rotatable bonds is 9. The molecule has 1 unspecified atom stereocenters. The zero-order valence-electron chi connectivity index (χ0n) is 13.1. The molecule has 1 aromatic carbocycles. The molecule has 122 valence electrons. The fourth-order valence-electron chi connectivity index (χ4n) is 1.82. The highest BCUT2D eigenvalue weighted by Crippen LogP contribution is 2.10. The Kier molecular flexibility index (Phi) is 8.60. The van der Waals surface area contributed by atoms with Crippen molar-refractivity contribution in [3.05, 3.63) is 35.4 Å². The van der Waals surface area contributed by atoms with Crippen LogP contribution in [-0.4, -0.2) is 30.5 Å². The van der Waals surface area contributed by atoms with Crippen LogP contribution in [0.15, 0.2) is 24.3 Å². The molecule has 5 heteroatoms. The van der Waals surface area contributed by atoms with Crippen molar-refractivity contribution in [2.75, 3.05) is 13.2 Å². The molecule has 4 nitrogen and oxygen atoms in total. The topological polar surface area (TPSA) is 52.6 Å². The monoisotopic (exact) mass is 326 g/mol. The molecular weight excluding hydrogens is 304 g/mol. The van der Waals surface area contributed by atoms with Crippen LogP contribution in [0.3, 0.4) is 0 Å². The molecule has 1 rings (SSSR count). The zero-order chi connectivity index (χ0) is 16.4. The fourth-order valence-corrected chi connectivity index (χ4v) is 1.89. The normalized spacial score (nSPS) is 11.8. The number of esters is 2. The van der Waals surface area contributed by atoms with Gasteiger partial charge in [-0.25, -0.2) is 9.59 Å². The third-order valence-electron chi connectivity index (χ3n) is 3.01. The van der Waals surface area contributed by atoms with E-state index in [0.717, 1.165) is 25.7 Å². The van der Waals surface area contributed by atoms with Crippen molar-refractivity contribution in [1.29, 1.82) is 0 Å².